The maximum absolute atomic E-state index is 11.7. The molecule has 0 spiro atoms. The van der Waals surface area contributed by atoms with Crippen molar-refractivity contribution in [2.45, 2.75) is 17.9 Å². The van der Waals surface area contributed by atoms with Gasteiger partial charge in [-0.05, 0) is 25.1 Å². The van der Waals surface area contributed by atoms with Crippen LogP contribution in [0.25, 0.3) is 0 Å². The zero-order chi connectivity index (χ0) is 15.0. The van der Waals surface area contributed by atoms with Crippen molar-refractivity contribution in [1.82, 2.24) is 5.32 Å². The Bertz CT molecular complexity index is 519. The Kier molecular flexibility index (Phi) is 7.47. The third-order valence-electron chi connectivity index (χ3n) is 2.65. The Balaban J connectivity index is 2.52. The average Bonchev–Trinajstić information content (AvgIpc) is 2.38. The first-order chi connectivity index (χ1) is 9.46. The van der Waals surface area contributed by atoms with Crippen molar-refractivity contribution >= 4 is 21.4 Å². The second-order valence-corrected chi connectivity index (χ2v) is 6.75. The molecule has 0 atom stereocenters. The maximum Gasteiger partial charge on any atom is 0.175 e. The lowest BCUT2D eigenvalue weighted by Gasteiger charge is -2.11. The summed E-state index contributed by atoms with van der Waals surface area (Å²) in [7, 11) is -3.29. The summed E-state index contributed by atoms with van der Waals surface area (Å²) in [5, 5.41) is 12.1. The number of sulfone groups is 1. The van der Waals surface area contributed by atoms with Gasteiger partial charge in [-0.1, -0.05) is 17.7 Å². The maximum atomic E-state index is 11.7. The largest absolute Gasteiger partial charge is 0.394 e. The molecule has 1 rings (SSSR count). The van der Waals surface area contributed by atoms with Gasteiger partial charge in [-0.2, -0.15) is 0 Å². The summed E-state index contributed by atoms with van der Waals surface area (Å²) in [4.78, 5) is 0.258. The molecule has 0 aliphatic rings. The van der Waals surface area contributed by atoms with Gasteiger partial charge in [-0.15, -0.1) is 0 Å². The number of benzene rings is 1. The number of hydrogen-bond donors (Lipinski definition) is 2. The SMILES string of the molecule is CS(=O)(=O)c1cccc(Cl)c1CNCCCOCCO. The molecule has 0 radical (unpaired) electrons. The van der Waals surface area contributed by atoms with E-state index in [1.807, 2.05) is 0 Å². The summed E-state index contributed by atoms with van der Waals surface area (Å²) < 4.78 is 28.5. The summed E-state index contributed by atoms with van der Waals surface area (Å²) in [5.41, 5.74) is 0.591. The van der Waals surface area contributed by atoms with Crippen molar-refractivity contribution in [2.24, 2.45) is 0 Å². The lowest BCUT2D eigenvalue weighted by atomic mass is 10.2. The molecule has 0 saturated carbocycles. The van der Waals surface area contributed by atoms with E-state index in [2.05, 4.69) is 5.32 Å². The number of halogens is 1. The quantitative estimate of drug-likeness (QED) is 0.669. The van der Waals surface area contributed by atoms with E-state index in [-0.39, 0.29) is 11.5 Å². The van der Waals surface area contributed by atoms with Gasteiger partial charge in [0.1, 0.15) is 0 Å². The molecule has 20 heavy (non-hydrogen) atoms. The van der Waals surface area contributed by atoms with Crippen LogP contribution < -0.4 is 5.32 Å². The minimum absolute atomic E-state index is 0.0186. The fraction of sp³-hybridized carbons (Fsp3) is 0.538. The van der Waals surface area contributed by atoms with Crippen LogP contribution in [0.2, 0.25) is 5.02 Å². The molecule has 7 heteroatoms. The topological polar surface area (TPSA) is 75.6 Å². The number of rotatable bonds is 9. The highest BCUT2D eigenvalue weighted by atomic mass is 35.5. The molecule has 5 nitrogen and oxygen atoms in total. The van der Waals surface area contributed by atoms with E-state index in [1.54, 1.807) is 18.2 Å². The van der Waals surface area contributed by atoms with Gasteiger partial charge in [0.2, 0.25) is 0 Å². The van der Waals surface area contributed by atoms with Crippen molar-refractivity contribution in [3.05, 3.63) is 28.8 Å². The smallest absolute Gasteiger partial charge is 0.175 e. The minimum atomic E-state index is -3.29. The van der Waals surface area contributed by atoms with E-state index in [4.69, 9.17) is 21.4 Å². The first kappa shape index (κ1) is 17.4. The van der Waals surface area contributed by atoms with Gasteiger partial charge in [0.25, 0.3) is 0 Å². The average molecular weight is 322 g/mol. The van der Waals surface area contributed by atoms with E-state index in [1.165, 1.54) is 6.26 Å². The predicted molar refractivity (Wildman–Crippen MR) is 78.8 cm³/mol. The predicted octanol–water partition coefficient (Wildman–Crippen LogP) is 1.23. The molecular formula is C13H20ClNO4S. The zero-order valence-corrected chi connectivity index (χ0v) is 13.0. The summed E-state index contributed by atoms with van der Waals surface area (Å²) in [6.45, 7) is 1.98. The first-order valence-electron chi connectivity index (χ1n) is 6.33. The molecule has 0 unspecified atom stereocenters. The Morgan fingerprint density at radius 1 is 1.35 bits per heavy atom. The molecule has 0 aliphatic carbocycles. The van der Waals surface area contributed by atoms with Crippen molar-refractivity contribution in [2.75, 3.05) is 32.6 Å². The van der Waals surface area contributed by atoms with Crippen LogP contribution in [0.3, 0.4) is 0 Å². The monoisotopic (exact) mass is 321 g/mol. The van der Waals surface area contributed by atoms with Gasteiger partial charge in [0.15, 0.2) is 9.84 Å². The van der Waals surface area contributed by atoms with Crippen LogP contribution in [0.15, 0.2) is 23.1 Å². The van der Waals surface area contributed by atoms with Crippen LogP contribution in [0.5, 0.6) is 0 Å². The molecule has 114 valence electrons. The van der Waals surface area contributed by atoms with Crippen LogP contribution in [-0.4, -0.2) is 46.1 Å². The molecule has 0 amide bonds. The fourth-order valence-corrected chi connectivity index (χ4v) is 2.99. The zero-order valence-electron chi connectivity index (χ0n) is 11.4. The van der Waals surface area contributed by atoms with Crippen molar-refractivity contribution in [1.29, 1.82) is 0 Å². The van der Waals surface area contributed by atoms with Crippen LogP contribution in [0, 0.1) is 0 Å². The van der Waals surface area contributed by atoms with E-state index < -0.39 is 9.84 Å². The van der Waals surface area contributed by atoms with Crippen molar-refractivity contribution < 1.29 is 18.3 Å². The molecule has 0 aliphatic heterocycles. The lowest BCUT2D eigenvalue weighted by molar-refractivity contribution is 0.0907. The number of hydrogen-bond acceptors (Lipinski definition) is 5. The standard InChI is InChI=1S/C13H20ClNO4S/c1-20(17,18)13-5-2-4-12(14)11(13)10-15-6-3-8-19-9-7-16/h2,4-5,15-16H,3,6-10H2,1H3. The van der Waals surface area contributed by atoms with Crippen LogP contribution >= 0.6 is 11.6 Å². The molecule has 0 aromatic heterocycles. The molecule has 0 heterocycles. The van der Waals surface area contributed by atoms with Crippen LogP contribution in [-0.2, 0) is 21.1 Å². The Morgan fingerprint density at radius 2 is 2.10 bits per heavy atom. The summed E-state index contributed by atoms with van der Waals surface area (Å²) >= 11 is 6.06. The molecule has 0 bridgehead atoms. The highest BCUT2D eigenvalue weighted by molar-refractivity contribution is 7.90. The summed E-state index contributed by atoms with van der Waals surface area (Å²) in [5.74, 6) is 0. The van der Waals surface area contributed by atoms with Crippen molar-refractivity contribution in [3.8, 4) is 0 Å². The normalized spacial score (nSPS) is 11.8. The van der Waals surface area contributed by atoms with Crippen LogP contribution in [0.1, 0.15) is 12.0 Å². The number of ether oxygens (including phenoxy) is 1. The van der Waals surface area contributed by atoms with E-state index in [0.29, 0.717) is 36.9 Å². The molecule has 0 fully saturated rings. The van der Waals surface area contributed by atoms with E-state index in [0.717, 1.165) is 6.42 Å². The Morgan fingerprint density at radius 3 is 2.75 bits per heavy atom. The molecular weight excluding hydrogens is 302 g/mol. The number of aliphatic hydroxyl groups excluding tert-OH is 1. The number of aliphatic hydroxyl groups is 1. The fourth-order valence-electron chi connectivity index (χ4n) is 1.74. The molecule has 1 aromatic carbocycles. The van der Waals surface area contributed by atoms with Crippen molar-refractivity contribution in [3.63, 3.8) is 0 Å². The Hall–Kier alpha value is -0.660. The third-order valence-corrected chi connectivity index (χ3v) is 4.19. The highest BCUT2D eigenvalue weighted by Gasteiger charge is 2.15. The van der Waals surface area contributed by atoms with E-state index >= 15 is 0 Å². The molecule has 1 aromatic rings. The highest BCUT2D eigenvalue weighted by Crippen LogP contribution is 2.23. The van der Waals surface area contributed by atoms with Crippen LogP contribution in [0.4, 0.5) is 0 Å². The van der Waals surface area contributed by atoms with E-state index in [9.17, 15) is 8.42 Å². The second kappa shape index (κ2) is 8.59. The van der Waals surface area contributed by atoms with Gasteiger partial charge in [0, 0.05) is 30.0 Å². The third kappa shape index (κ3) is 5.76. The molecule has 0 saturated heterocycles. The minimum Gasteiger partial charge on any atom is -0.394 e. The summed E-state index contributed by atoms with van der Waals surface area (Å²) in [6, 6.07) is 4.87. The van der Waals surface area contributed by atoms with Gasteiger partial charge in [-0.3, -0.25) is 0 Å². The lowest BCUT2D eigenvalue weighted by Crippen LogP contribution is -2.18. The van der Waals surface area contributed by atoms with Gasteiger partial charge < -0.3 is 15.2 Å². The van der Waals surface area contributed by atoms with Gasteiger partial charge in [-0.25, -0.2) is 8.42 Å². The Labute approximate surface area is 124 Å². The first-order valence-corrected chi connectivity index (χ1v) is 8.60. The van der Waals surface area contributed by atoms with Gasteiger partial charge >= 0.3 is 0 Å². The number of nitrogens with one attached hydrogen (secondary N) is 1. The summed E-state index contributed by atoms with van der Waals surface area (Å²) in [6.07, 6.45) is 1.95. The molecule has 2 N–H and O–H groups in total. The second-order valence-electron chi connectivity index (χ2n) is 4.36. The van der Waals surface area contributed by atoms with Gasteiger partial charge in [0.05, 0.1) is 18.1 Å².